The Balaban J connectivity index is 1.57. The van der Waals surface area contributed by atoms with E-state index in [-0.39, 0.29) is 5.75 Å². The molecule has 2 heterocycles. The predicted octanol–water partition coefficient (Wildman–Crippen LogP) is 6.18. The lowest BCUT2D eigenvalue weighted by atomic mass is 9.96. The van der Waals surface area contributed by atoms with Crippen LogP contribution in [0.1, 0.15) is 5.56 Å². The Hall–Kier alpha value is -4.34. The van der Waals surface area contributed by atoms with E-state index in [2.05, 4.69) is 30.4 Å². The molecule has 0 saturated heterocycles. The first kappa shape index (κ1) is 22.5. The van der Waals surface area contributed by atoms with Gasteiger partial charge in [-0.2, -0.15) is 5.10 Å². The molecule has 0 aliphatic rings. The Morgan fingerprint density at radius 3 is 2.63 bits per heavy atom. The van der Waals surface area contributed by atoms with Gasteiger partial charge in [0.05, 0.1) is 11.0 Å². The van der Waals surface area contributed by atoms with Gasteiger partial charge in [-0.15, -0.1) is 13.2 Å². The molecule has 0 saturated carbocycles. The highest BCUT2D eigenvalue weighted by molar-refractivity contribution is 6.03. The summed E-state index contributed by atoms with van der Waals surface area (Å²) in [4.78, 5) is 8.79. The lowest BCUT2D eigenvalue weighted by Gasteiger charge is -2.11. The molecule has 35 heavy (non-hydrogen) atoms. The van der Waals surface area contributed by atoms with Crippen molar-refractivity contribution in [2.75, 3.05) is 17.7 Å². The molecule has 10 heteroatoms. The summed E-state index contributed by atoms with van der Waals surface area (Å²) in [7, 11) is 3.61. The lowest BCUT2D eigenvalue weighted by molar-refractivity contribution is -0.274. The molecule has 0 fully saturated rings. The molecule has 0 amide bonds. The average molecular weight is 478 g/mol. The van der Waals surface area contributed by atoms with Gasteiger partial charge >= 0.3 is 6.36 Å². The molecule has 7 nitrogen and oxygen atoms in total. The van der Waals surface area contributed by atoms with Gasteiger partial charge in [0.1, 0.15) is 5.75 Å². The molecule has 2 N–H and O–H groups in total. The third-order valence-electron chi connectivity index (χ3n) is 5.64. The summed E-state index contributed by atoms with van der Waals surface area (Å²) in [5, 5.41) is 12.4. The maximum atomic E-state index is 12.6. The molecule has 5 aromatic rings. The molecule has 0 bridgehead atoms. The van der Waals surface area contributed by atoms with Crippen LogP contribution >= 0.6 is 0 Å². The van der Waals surface area contributed by atoms with Crippen LogP contribution < -0.4 is 15.4 Å². The third-order valence-corrected chi connectivity index (χ3v) is 5.64. The van der Waals surface area contributed by atoms with Gasteiger partial charge in [-0.05, 0) is 48.4 Å². The van der Waals surface area contributed by atoms with Gasteiger partial charge in [0.25, 0.3) is 0 Å². The number of aromatic nitrogens is 4. The van der Waals surface area contributed by atoms with E-state index in [1.165, 1.54) is 18.2 Å². The normalized spacial score (nSPS) is 11.7. The maximum absolute atomic E-state index is 12.6. The quantitative estimate of drug-likeness (QED) is 0.314. The molecular formula is C25H21F3N6O. The van der Waals surface area contributed by atoms with Crippen molar-refractivity contribution >= 4 is 39.3 Å². The van der Waals surface area contributed by atoms with E-state index in [1.807, 2.05) is 44.3 Å². The molecule has 178 valence electrons. The first-order valence-corrected chi connectivity index (χ1v) is 10.8. The SMILES string of the molecule is CNc1ncc2cc(-c3c(C)ccc4c(Nc5cccc(OC(F)(F)F)c5)nn(C)c34)ccc2n1. The Kier molecular flexibility index (Phi) is 5.43. The minimum Gasteiger partial charge on any atom is -0.406 e. The summed E-state index contributed by atoms with van der Waals surface area (Å²) in [5.41, 5.74) is 5.18. The van der Waals surface area contributed by atoms with E-state index in [0.717, 1.165) is 38.5 Å². The summed E-state index contributed by atoms with van der Waals surface area (Å²) < 4.78 is 43.7. The van der Waals surface area contributed by atoms with Gasteiger partial charge in [0.15, 0.2) is 5.82 Å². The van der Waals surface area contributed by atoms with Crippen molar-refractivity contribution in [3.8, 4) is 16.9 Å². The molecule has 0 spiro atoms. The van der Waals surface area contributed by atoms with E-state index >= 15 is 0 Å². The summed E-state index contributed by atoms with van der Waals surface area (Å²) in [6.45, 7) is 2.03. The molecule has 3 aromatic carbocycles. The van der Waals surface area contributed by atoms with E-state index in [4.69, 9.17) is 0 Å². The van der Waals surface area contributed by atoms with Gasteiger partial charge in [-0.3, -0.25) is 4.68 Å². The zero-order valence-corrected chi connectivity index (χ0v) is 19.1. The van der Waals surface area contributed by atoms with E-state index in [1.54, 1.807) is 24.0 Å². The Morgan fingerprint density at radius 1 is 1.03 bits per heavy atom. The molecule has 0 aliphatic heterocycles. The standard InChI is InChI=1S/C25H21F3N6O/c1-14-7-9-19-22(21(14)15-8-10-20-16(11-15)13-30-24(29-2)32-20)34(3)33-23(19)31-17-5-4-6-18(12-17)35-25(26,27)28/h4-13H,1-3H3,(H,31,33)(H,29,30,32). The average Bonchev–Trinajstić information content (AvgIpc) is 3.12. The van der Waals surface area contributed by atoms with Crippen LogP contribution in [0.5, 0.6) is 5.75 Å². The monoisotopic (exact) mass is 478 g/mol. The van der Waals surface area contributed by atoms with E-state index in [9.17, 15) is 13.2 Å². The third kappa shape index (κ3) is 4.42. The second-order valence-corrected chi connectivity index (χ2v) is 8.04. The lowest BCUT2D eigenvalue weighted by Crippen LogP contribution is -2.17. The van der Waals surface area contributed by atoms with Crippen molar-refractivity contribution in [2.45, 2.75) is 13.3 Å². The number of hydrogen-bond donors (Lipinski definition) is 2. The van der Waals surface area contributed by atoms with E-state index in [0.29, 0.717) is 17.5 Å². The van der Waals surface area contributed by atoms with Crippen molar-refractivity contribution in [2.24, 2.45) is 7.05 Å². The fraction of sp³-hybridized carbons (Fsp3) is 0.160. The van der Waals surface area contributed by atoms with Crippen LogP contribution in [0.4, 0.5) is 30.6 Å². The fourth-order valence-corrected chi connectivity index (χ4v) is 4.15. The zero-order valence-electron chi connectivity index (χ0n) is 19.1. The number of nitrogens with zero attached hydrogens (tertiary/aromatic N) is 4. The van der Waals surface area contributed by atoms with Crippen molar-refractivity contribution in [3.05, 3.63) is 66.4 Å². The van der Waals surface area contributed by atoms with Gasteiger partial charge < -0.3 is 15.4 Å². The molecule has 2 aromatic heterocycles. The number of hydrogen-bond acceptors (Lipinski definition) is 6. The van der Waals surface area contributed by atoms with Gasteiger partial charge in [-0.25, -0.2) is 9.97 Å². The number of halogens is 3. The van der Waals surface area contributed by atoms with Crippen LogP contribution in [-0.4, -0.2) is 33.2 Å². The van der Waals surface area contributed by atoms with Crippen LogP contribution in [0.25, 0.3) is 32.9 Å². The number of ether oxygens (including phenoxy) is 1. The topological polar surface area (TPSA) is 76.9 Å². The van der Waals surface area contributed by atoms with E-state index < -0.39 is 6.36 Å². The highest BCUT2D eigenvalue weighted by Crippen LogP contribution is 2.37. The highest BCUT2D eigenvalue weighted by atomic mass is 19.4. The van der Waals surface area contributed by atoms with Crippen molar-refractivity contribution in [1.82, 2.24) is 19.7 Å². The number of alkyl halides is 3. The van der Waals surface area contributed by atoms with Crippen LogP contribution in [0.3, 0.4) is 0 Å². The Bertz CT molecular complexity index is 1560. The molecule has 0 aliphatic carbocycles. The number of anilines is 3. The number of aryl methyl sites for hydroxylation is 2. The fourth-order valence-electron chi connectivity index (χ4n) is 4.15. The summed E-state index contributed by atoms with van der Waals surface area (Å²) in [5.74, 6) is 0.769. The smallest absolute Gasteiger partial charge is 0.406 e. The van der Waals surface area contributed by atoms with Gasteiger partial charge in [0.2, 0.25) is 5.95 Å². The minimum absolute atomic E-state index is 0.306. The first-order chi connectivity index (χ1) is 16.7. The van der Waals surface area contributed by atoms with Crippen molar-refractivity contribution in [1.29, 1.82) is 0 Å². The number of fused-ring (bicyclic) bond motifs is 2. The Morgan fingerprint density at radius 2 is 1.86 bits per heavy atom. The van der Waals surface area contributed by atoms with Gasteiger partial charge in [-0.1, -0.05) is 18.2 Å². The van der Waals surface area contributed by atoms with Crippen LogP contribution in [0.15, 0.2) is 60.8 Å². The number of benzene rings is 3. The van der Waals surface area contributed by atoms with Crippen LogP contribution in [-0.2, 0) is 7.05 Å². The highest BCUT2D eigenvalue weighted by Gasteiger charge is 2.31. The molecule has 5 rings (SSSR count). The maximum Gasteiger partial charge on any atom is 0.573 e. The van der Waals surface area contributed by atoms with Gasteiger partial charge in [0, 0.05) is 48.4 Å². The van der Waals surface area contributed by atoms with Crippen LogP contribution in [0.2, 0.25) is 0 Å². The summed E-state index contributed by atoms with van der Waals surface area (Å²) in [6.07, 6.45) is -2.98. The summed E-state index contributed by atoms with van der Waals surface area (Å²) >= 11 is 0. The first-order valence-electron chi connectivity index (χ1n) is 10.8. The minimum atomic E-state index is -4.76. The number of rotatable bonds is 5. The predicted molar refractivity (Wildman–Crippen MR) is 130 cm³/mol. The van der Waals surface area contributed by atoms with Crippen molar-refractivity contribution in [3.63, 3.8) is 0 Å². The summed E-state index contributed by atoms with van der Waals surface area (Å²) in [6, 6.07) is 15.6. The molecule has 0 unspecified atom stereocenters. The molecule has 0 radical (unpaired) electrons. The Labute approximate surface area is 198 Å². The zero-order chi connectivity index (χ0) is 24.7. The second kappa shape index (κ2) is 8.46. The largest absolute Gasteiger partial charge is 0.573 e. The molecule has 0 atom stereocenters. The van der Waals surface area contributed by atoms with Crippen LogP contribution in [0, 0.1) is 6.92 Å². The molecular weight excluding hydrogens is 457 g/mol. The van der Waals surface area contributed by atoms with Crippen molar-refractivity contribution < 1.29 is 17.9 Å². The number of nitrogens with one attached hydrogen (secondary N) is 2. The second-order valence-electron chi connectivity index (χ2n) is 8.04.